The SMILES string of the molecule is C=Nc1cc(/C(O)=C\c2c(/C=C\C=N)n[nH]c2C)ccc1NCCN1CC=C(c2cccc(OCc3ccc(Cl)cc3F)n2)CC1. The zero-order valence-corrected chi connectivity index (χ0v) is 26.2. The standard InChI is InChI=1S/C35H35ClFN7O2/c1-23-28(31(43-42-23)6-4-14-38)21-34(45)25-9-11-32(33(19-25)39-2)40-15-18-44-16-12-24(13-17-44)30-5-3-7-35(41-30)46-22-26-8-10-27(36)20-29(26)37/h3-12,14,19-21,38,40,45H,2,13,15-18,22H2,1H3,(H,42,43)/b6-4-,34-21+,38-14?. The summed E-state index contributed by atoms with van der Waals surface area (Å²) >= 11 is 5.84. The molecular formula is C35H35ClFN7O2. The van der Waals surface area contributed by atoms with Crippen molar-refractivity contribution in [2.45, 2.75) is 20.0 Å². The van der Waals surface area contributed by atoms with Gasteiger partial charge in [-0.25, -0.2) is 9.37 Å². The molecule has 11 heteroatoms. The van der Waals surface area contributed by atoms with Gasteiger partial charge in [-0.05, 0) is 80.3 Å². The first-order valence-corrected chi connectivity index (χ1v) is 15.2. The lowest BCUT2D eigenvalue weighted by atomic mass is 10.0. The highest BCUT2D eigenvalue weighted by molar-refractivity contribution is 6.30. The van der Waals surface area contributed by atoms with Crippen molar-refractivity contribution < 1.29 is 14.2 Å². The van der Waals surface area contributed by atoms with Gasteiger partial charge in [-0.3, -0.25) is 15.0 Å². The minimum atomic E-state index is -0.404. The Morgan fingerprint density at radius 1 is 1.26 bits per heavy atom. The molecule has 1 aliphatic rings. The minimum absolute atomic E-state index is 0.0690. The molecule has 0 amide bonds. The first-order chi connectivity index (χ1) is 22.3. The lowest BCUT2D eigenvalue weighted by Crippen LogP contribution is -2.33. The molecule has 4 aromatic rings. The van der Waals surface area contributed by atoms with E-state index in [1.54, 1.807) is 42.5 Å². The smallest absolute Gasteiger partial charge is 0.214 e. The second-order valence-electron chi connectivity index (χ2n) is 10.7. The van der Waals surface area contributed by atoms with Crippen molar-refractivity contribution in [3.05, 3.63) is 111 Å². The Balaban J connectivity index is 1.15. The van der Waals surface area contributed by atoms with Gasteiger partial charge in [0, 0.05) is 65.9 Å². The van der Waals surface area contributed by atoms with Gasteiger partial charge in [0.1, 0.15) is 18.2 Å². The Labute approximate surface area is 272 Å². The number of nitrogens with one attached hydrogen (secondary N) is 3. The quantitative estimate of drug-likeness (QED) is 0.0877. The summed E-state index contributed by atoms with van der Waals surface area (Å²) in [6.07, 6.45) is 9.13. The Kier molecular flexibility index (Phi) is 10.7. The van der Waals surface area contributed by atoms with E-state index in [1.165, 1.54) is 12.3 Å². The van der Waals surface area contributed by atoms with Crippen LogP contribution in [0.5, 0.6) is 5.88 Å². The monoisotopic (exact) mass is 639 g/mol. The molecule has 0 fully saturated rings. The molecule has 46 heavy (non-hydrogen) atoms. The third kappa shape index (κ3) is 8.15. The van der Waals surface area contributed by atoms with Crippen LogP contribution in [0.25, 0.3) is 23.5 Å². The number of hydrogen-bond acceptors (Lipinski definition) is 8. The molecule has 0 unspecified atom stereocenters. The number of allylic oxidation sites excluding steroid dienone is 1. The number of aliphatic imine (C=N–C) groups is 1. The van der Waals surface area contributed by atoms with Crippen LogP contribution in [-0.4, -0.2) is 64.3 Å². The van der Waals surface area contributed by atoms with E-state index < -0.39 is 5.82 Å². The number of aliphatic hydroxyl groups excluding tert-OH is 1. The zero-order valence-electron chi connectivity index (χ0n) is 25.4. The van der Waals surface area contributed by atoms with Crippen molar-refractivity contribution in [1.29, 1.82) is 5.41 Å². The number of benzene rings is 2. The molecule has 2 aromatic heterocycles. The van der Waals surface area contributed by atoms with E-state index in [9.17, 15) is 9.50 Å². The predicted molar refractivity (Wildman–Crippen MR) is 185 cm³/mol. The van der Waals surface area contributed by atoms with Crippen molar-refractivity contribution in [2.75, 3.05) is 31.5 Å². The van der Waals surface area contributed by atoms with Crippen LogP contribution in [0.15, 0.2) is 71.7 Å². The average molecular weight is 640 g/mol. The number of H-pyrrole nitrogens is 1. The predicted octanol–water partition coefficient (Wildman–Crippen LogP) is 7.74. The van der Waals surface area contributed by atoms with Crippen LogP contribution in [0, 0.1) is 18.2 Å². The van der Waals surface area contributed by atoms with Crippen LogP contribution < -0.4 is 10.1 Å². The number of ether oxygens (including phenoxy) is 1. The number of pyridine rings is 1. The number of aryl methyl sites for hydroxylation is 1. The molecule has 9 nitrogen and oxygen atoms in total. The van der Waals surface area contributed by atoms with E-state index in [0.29, 0.717) is 40.0 Å². The molecule has 0 atom stereocenters. The molecule has 0 saturated heterocycles. The summed E-state index contributed by atoms with van der Waals surface area (Å²) in [7, 11) is 0. The van der Waals surface area contributed by atoms with Crippen LogP contribution in [0.4, 0.5) is 15.8 Å². The van der Waals surface area contributed by atoms with Crippen LogP contribution in [-0.2, 0) is 6.61 Å². The molecule has 0 radical (unpaired) electrons. The van der Waals surface area contributed by atoms with Crippen LogP contribution in [0.3, 0.4) is 0 Å². The summed E-state index contributed by atoms with van der Waals surface area (Å²) in [5.74, 6) is 0.112. The molecule has 2 aromatic carbocycles. The van der Waals surface area contributed by atoms with Crippen molar-refractivity contribution in [3.63, 3.8) is 0 Å². The van der Waals surface area contributed by atoms with Crippen LogP contribution >= 0.6 is 11.6 Å². The molecule has 5 rings (SSSR count). The summed E-state index contributed by atoms with van der Waals surface area (Å²) in [5, 5.41) is 29.0. The first kappa shape index (κ1) is 32.3. The molecule has 0 aliphatic carbocycles. The zero-order chi connectivity index (χ0) is 32.5. The van der Waals surface area contributed by atoms with Gasteiger partial charge in [-0.2, -0.15) is 5.10 Å². The molecule has 4 N–H and O–H groups in total. The maximum absolute atomic E-state index is 14.1. The minimum Gasteiger partial charge on any atom is -0.507 e. The fraction of sp³-hybridized carbons (Fsp3) is 0.200. The number of hydrogen-bond donors (Lipinski definition) is 4. The fourth-order valence-electron chi connectivity index (χ4n) is 5.06. The van der Waals surface area contributed by atoms with E-state index in [-0.39, 0.29) is 12.4 Å². The van der Waals surface area contributed by atoms with Crippen LogP contribution in [0.1, 0.15) is 40.2 Å². The lowest BCUT2D eigenvalue weighted by Gasteiger charge is -2.26. The number of rotatable bonds is 13. The second kappa shape index (κ2) is 15.3. The van der Waals surface area contributed by atoms with Gasteiger partial charge >= 0.3 is 0 Å². The van der Waals surface area contributed by atoms with Crippen LogP contribution in [0.2, 0.25) is 5.02 Å². The Morgan fingerprint density at radius 2 is 2.13 bits per heavy atom. The number of aromatic nitrogens is 3. The maximum Gasteiger partial charge on any atom is 0.214 e. The number of halogens is 2. The van der Waals surface area contributed by atoms with Gasteiger partial charge in [0.25, 0.3) is 0 Å². The Morgan fingerprint density at radius 3 is 2.89 bits per heavy atom. The highest BCUT2D eigenvalue weighted by Gasteiger charge is 2.15. The van der Waals surface area contributed by atoms with Crippen molar-refractivity contribution >= 4 is 59.4 Å². The number of aromatic amines is 1. The first-order valence-electron chi connectivity index (χ1n) is 14.8. The fourth-order valence-corrected chi connectivity index (χ4v) is 5.22. The van der Waals surface area contributed by atoms with E-state index in [2.05, 4.69) is 43.2 Å². The summed E-state index contributed by atoms with van der Waals surface area (Å²) in [4.78, 5) is 11.2. The van der Waals surface area contributed by atoms with E-state index in [0.717, 1.165) is 54.3 Å². The van der Waals surface area contributed by atoms with Gasteiger partial charge in [-0.1, -0.05) is 29.8 Å². The Hall–Kier alpha value is -5.06. The summed E-state index contributed by atoms with van der Waals surface area (Å²) < 4.78 is 19.9. The van der Waals surface area contributed by atoms with Gasteiger partial charge in [-0.15, -0.1) is 0 Å². The van der Waals surface area contributed by atoms with Crippen molar-refractivity contribution in [1.82, 2.24) is 20.1 Å². The van der Waals surface area contributed by atoms with Gasteiger partial charge in [0.15, 0.2) is 0 Å². The third-order valence-corrected chi connectivity index (χ3v) is 7.83. The van der Waals surface area contributed by atoms with E-state index >= 15 is 0 Å². The van der Waals surface area contributed by atoms with Crippen molar-refractivity contribution in [3.8, 4) is 5.88 Å². The molecular weight excluding hydrogens is 605 g/mol. The number of anilines is 1. The molecule has 0 bridgehead atoms. The van der Waals surface area contributed by atoms with Crippen molar-refractivity contribution in [2.24, 2.45) is 4.99 Å². The normalized spacial score (nSPS) is 13.9. The molecule has 3 heterocycles. The number of nitrogens with zero attached hydrogens (tertiary/aromatic N) is 4. The summed E-state index contributed by atoms with van der Waals surface area (Å²) in [6.45, 7) is 8.84. The largest absolute Gasteiger partial charge is 0.507 e. The average Bonchev–Trinajstić information content (AvgIpc) is 3.41. The third-order valence-electron chi connectivity index (χ3n) is 7.60. The molecule has 236 valence electrons. The highest BCUT2D eigenvalue weighted by Crippen LogP contribution is 2.30. The second-order valence-corrected chi connectivity index (χ2v) is 11.1. The molecule has 1 aliphatic heterocycles. The highest BCUT2D eigenvalue weighted by atomic mass is 35.5. The lowest BCUT2D eigenvalue weighted by molar-refractivity contribution is 0.287. The van der Waals surface area contributed by atoms with E-state index in [4.69, 9.17) is 21.7 Å². The molecule has 0 saturated carbocycles. The number of aliphatic hydroxyl groups is 1. The van der Waals surface area contributed by atoms with Gasteiger partial charge in [0.2, 0.25) is 5.88 Å². The maximum atomic E-state index is 14.1. The Bertz CT molecular complexity index is 1810. The van der Waals surface area contributed by atoms with E-state index in [1.807, 2.05) is 31.2 Å². The summed E-state index contributed by atoms with van der Waals surface area (Å²) in [6, 6.07) is 15.7. The van der Waals surface area contributed by atoms with Gasteiger partial charge < -0.3 is 20.6 Å². The summed E-state index contributed by atoms with van der Waals surface area (Å²) in [5.41, 5.74) is 6.67. The molecule has 0 spiro atoms. The van der Waals surface area contributed by atoms with Gasteiger partial charge in [0.05, 0.1) is 22.8 Å². The topological polar surface area (TPSA) is 123 Å².